The van der Waals surface area contributed by atoms with Crippen LogP contribution in [0.3, 0.4) is 0 Å². The molecule has 0 unspecified atom stereocenters. The molecule has 0 saturated heterocycles. The maximum atomic E-state index is 12.2. The van der Waals surface area contributed by atoms with E-state index in [1.54, 1.807) is 6.07 Å². The summed E-state index contributed by atoms with van der Waals surface area (Å²) in [6.45, 7) is 4.46. The quantitative estimate of drug-likeness (QED) is 0.595. The molecule has 27 heavy (non-hydrogen) atoms. The van der Waals surface area contributed by atoms with Gasteiger partial charge in [0, 0.05) is 12.1 Å². The number of nitrogens with one attached hydrogen (secondary N) is 1. The van der Waals surface area contributed by atoms with E-state index < -0.39 is 0 Å². The molecular weight excluding hydrogens is 384 g/mol. The van der Waals surface area contributed by atoms with Crippen LogP contribution in [0.4, 0.5) is 0 Å². The number of aromatic nitrogens is 3. The zero-order valence-electron chi connectivity index (χ0n) is 15.7. The normalized spacial score (nSPS) is 13.8. The number of para-hydroxylation sites is 1. The third-order valence-corrected chi connectivity index (χ3v) is 5.78. The molecule has 1 aliphatic rings. The fraction of sp³-hybridized carbons (Fsp3) is 0.526. The van der Waals surface area contributed by atoms with Gasteiger partial charge in [-0.25, -0.2) is 0 Å². The molecule has 3 rings (SSSR count). The Balaban J connectivity index is 1.62. The van der Waals surface area contributed by atoms with E-state index in [0.717, 1.165) is 36.7 Å². The van der Waals surface area contributed by atoms with Gasteiger partial charge >= 0.3 is 0 Å². The number of ether oxygens (including phenoxy) is 1. The topological polar surface area (TPSA) is 69.0 Å². The van der Waals surface area contributed by atoms with Crippen molar-refractivity contribution in [3.05, 3.63) is 35.1 Å². The molecule has 1 aromatic heterocycles. The summed E-state index contributed by atoms with van der Waals surface area (Å²) >= 11 is 7.57. The zero-order chi connectivity index (χ0) is 19.2. The molecular formula is C19H25ClN4O2S. The molecule has 1 heterocycles. The Morgan fingerprint density at radius 2 is 2.07 bits per heavy atom. The van der Waals surface area contributed by atoms with E-state index in [-0.39, 0.29) is 11.9 Å². The van der Waals surface area contributed by atoms with Crippen molar-refractivity contribution >= 4 is 29.3 Å². The second-order valence-corrected chi connectivity index (χ2v) is 7.94. The van der Waals surface area contributed by atoms with Crippen LogP contribution >= 0.6 is 23.4 Å². The predicted octanol–water partition coefficient (Wildman–Crippen LogP) is 4.24. The minimum Gasteiger partial charge on any atom is -0.484 e. The van der Waals surface area contributed by atoms with E-state index >= 15 is 0 Å². The zero-order valence-corrected chi connectivity index (χ0v) is 17.2. The molecule has 8 heteroatoms. The van der Waals surface area contributed by atoms with Gasteiger partial charge in [-0.1, -0.05) is 49.3 Å². The van der Waals surface area contributed by atoms with Gasteiger partial charge in [0.2, 0.25) is 5.91 Å². The molecule has 6 nitrogen and oxygen atoms in total. The van der Waals surface area contributed by atoms with Crippen molar-refractivity contribution in [1.82, 2.24) is 20.1 Å². The van der Waals surface area contributed by atoms with Gasteiger partial charge in [-0.3, -0.25) is 9.36 Å². The maximum absolute atomic E-state index is 12.2. The number of benzene rings is 1. The summed E-state index contributed by atoms with van der Waals surface area (Å²) < 4.78 is 7.92. The van der Waals surface area contributed by atoms with E-state index in [2.05, 4.69) is 33.9 Å². The van der Waals surface area contributed by atoms with Crippen LogP contribution in [-0.2, 0) is 11.4 Å². The first kappa shape index (κ1) is 20.0. The summed E-state index contributed by atoms with van der Waals surface area (Å²) in [6.07, 6.45) is 4.08. The smallest absolute Gasteiger partial charge is 0.230 e. The largest absolute Gasteiger partial charge is 0.484 e. The molecule has 1 amide bonds. The van der Waals surface area contributed by atoms with E-state index in [9.17, 15) is 4.79 Å². The van der Waals surface area contributed by atoms with Crippen molar-refractivity contribution in [2.75, 3.05) is 5.75 Å². The molecule has 146 valence electrons. The summed E-state index contributed by atoms with van der Waals surface area (Å²) in [7, 11) is 0. The Labute approximate surface area is 169 Å². The molecule has 1 fully saturated rings. The first-order valence-electron chi connectivity index (χ1n) is 9.35. The number of thioether (sulfide) groups is 1. The summed E-state index contributed by atoms with van der Waals surface area (Å²) in [5.41, 5.74) is 0. The molecule has 0 radical (unpaired) electrons. The molecule has 1 saturated carbocycles. The van der Waals surface area contributed by atoms with Gasteiger partial charge in [-0.2, -0.15) is 0 Å². The SMILES string of the molecule is CCC(CC)NC(=O)CSc1nnc(COc2ccccc2Cl)n1C1CC1. The Hall–Kier alpha value is -1.73. The Morgan fingerprint density at radius 1 is 1.33 bits per heavy atom. The molecule has 0 spiro atoms. The van der Waals surface area contributed by atoms with Gasteiger partial charge in [0.25, 0.3) is 0 Å². The minimum absolute atomic E-state index is 0.0351. The molecule has 2 aromatic rings. The summed E-state index contributed by atoms with van der Waals surface area (Å²) in [5.74, 6) is 1.77. The Morgan fingerprint density at radius 3 is 2.74 bits per heavy atom. The van der Waals surface area contributed by atoms with Crippen LogP contribution in [0.5, 0.6) is 5.75 Å². The van der Waals surface area contributed by atoms with Crippen LogP contribution in [0.25, 0.3) is 0 Å². The average Bonchev–Trinajstić information content (AvgIpc) is 3.44. The van der Waals surface area contributed by atoms with Crippen LogP contribution in [0.2, 0.25) is 5.02 Å². The average molecular weight is 409 g/mol. The number of hydrogen-bond donors (Lipinski definition) is 1. The van der Waals surface area contributed by atoms with Crippen molar-refractivity contribution in [1.29, 1.82) is 0 Å². The molecule has 0 bridgehead atoms. The highest BCUT2D eigenvalue weighted by atomic mass is 35.5. The van der Waals surface area contributed by atoms with E-state index in [1.165, 1.54) is 11.8 Å². The van der Waals surface area contributed by atoms with Gasteiger partial charge in [0.1, 0.15) is 12.4 Å². The predicted molar refractivity (Wildman–Crippen MR) is 107 cm³/mol. The van der Waals surface area contributed by atoms with Crippen molar-refractivity contribution in [3.63, 3.8) is 0 Å². The number of rotatable bonds is 10. The first-order valence-corrected chi connectivity index (χ1v) is 10.7. The Kier molecular flexibility index (Phi) is 7.01. The van der Waals surface area contributed by atoms with Gasteiger partial charge in [0.05, 0.1) is 10.8 Å². The lowest BCUT2D eigenvalue weighted by Crippen LogP contribution is -2.35. The number of amides is 1. The van der Waals surface area contributed by atoms with Gasteiger partial charge in [-0.15, -0.1) is 10.2 Å². The first-order chi connectivity index (χ1) is 13.1. The van der Waals surface area contributed by atoms with Crippen LogP contribution < -0.4 is 10.1 Å². The molecule has 1 aromatic carbocycles. The fourth-order valence-corrected chi connectivity index (χ4v) is 3.83. The summed E-state index contributed by atoms with van der Waals surface area (Å²) in [5, 5.41) is 13.0. The van der Waals surface area contributed by atoms with Crippen LogP contribution in [0.1, 0.15) is 51.4 Å². The van der Waals surface area contributed by atoms with Crippen molar-refractivity contribution < 1.29 is 9.53 Å². The highest BCUT2D eigenvalue weighted by Gasteiger charge is 2.30. The van der Waals surface area contributed by atoms with Gasteiger partial charge in [-0.05, 0) is 37.8 Å². The number of halogens is 1. The van der Waals surface area contributed by atoms with Crippen LogP contribution in [0, 0.1) is 0 Å². The second kappa shape index (κ2) is 9.46. The van der Waals surface area contributed by atoms with E-state index in [1.807, 2.05) is 18.2 Å². The lowest BCUT2D eigenvalue weighted by molar-refractivity contribution is -0.119. The minimum atomic E-state index is 0.0351. The lowest BCUT2D eigenvalue weighted by Gasteiger charge is -2.14. The summed E-state index contributed by atoms with van der Waals surface area (Å²) in [6, 6.07) is 8.00. The molecule has 0 aliphatic heterocycles. The third kappa shape index (κ3) is 5.39. The second-order valence-electron chi connectivity index (χ2n) is 6.59. The van der Waals surface area contributed by atoms with Crippen molar-refractivity contribution in [3.8, 4) is 5.75 Å². The number of hydrogen-bond acceptors (Lipinski definition) is 5. The van der Waals surface area contributed by atoms with Crippen molar-refractivity contribution in [2.45, 2.75) is 63.4 Å². The highest BCUT2D eigenvalue weighted by Crippen LogP contribution is 2.39. The van der Waals surface area contributed by atoms with E-state index in [4.69, 9.17) is 16.3 Å². The van der Waals surface area contributed by atoms with Gasteiger partial charge in [0.15, 0.2) is 11.0 Å². The molecule has 0 atom stereocenters. The number of carbonyl (C=O) groups excluding carboxylic acids is 1. The highest BCUT2D eigenvalue weighted by molar-refractivity contribution is 7.99. The van der Waals surface area contributed by atoms with E-state index in [0.29, 0.717) is 29.2 Å². The Bertz CT molecular complexity index is 775. The van der Waals surface area contributed by atoms with Crippen molar-refractivity contribution in [2.24, 2.45) is 0 Å². The standard InChI is InChI=1S/C19H25ClN4O2S/c1-3-13(4-2)21-18(25)12-27-19-23-22-17(24(19)14-9-10-14)11-26-16-8-6-5-7-15(16)20/h5-8,13-14H,3-4,9-12H2,1-2H3,(H,21,25). The molecule has 1 N–H and O–H groups in total. The fourth-order valence-electron chi connectivity index (χ4n) is 2.80. The number of carbonyl (C=O) groups is 1. The lowest BCUT2D eigenvalue weighted by atomic mass is 10.2. The van der Waals surface area contributed by atoms with Crippen LogP contribution in [0.15, 0.2) is 29.4 Å². The third-order valence-electron chi connectivity index (χ3n) is 4.52. The summed E-state index contributed by atoms with van der Waals surface area (Å²) in [4.78, 5) is 12.2. The van der Waals surface area contributed by atoms with Crippen LogP contribution in [-0.4, -0.2) is 32.5 Å². The maximum Gasteiger partial charge on any atom is 0.230 e. The monoisotopic (exact) mass is 408 g/mol. The number of nitrogens with zero attached hydrogens (tertiary/aromatic N) is 3. The van der Waals surface area contributed by atoms with Gasteiger partial charge < -0.3 is 10.1 Å². The molecule has 1 aliphatic carbocycles.